The monoisotopic (exact) mass is 369 g/mol. The largest absolute Gasteiger partial charge is 0.497 e. The van der Waals surface area contributed by atoms with Crippen LogP contribution >= 0.6 is 0 Å². The summed E-state index contributed by atoms with van der Waals surface area (Å²) in [4.78, 5) is 0. The molecular weight excluding hydrogens is 346 g/mol. The van der Waals surface area contributed by atoms with E-state index in [1.807, 2.05) is 30.3 Å². The van der Waals surface area contributed by atoms with Crippen LogP contribution in [0, 0.1) is 0 Å². The molecule has 3 nitrogen and oxygen atoms in total. The molecule has 3 heteroatoms. The van der Waals surface area contributed by atoms with Crippen molar-refractivity contribution in [3.8, 4) is 45.1 Å². The number of benzene rings is 3. The molecule has 4 rings (SSSR count). The summed E-state index contributed by atoms with van der Waals surface area (Å²) in [6.45, 7) is 0. The molecular formula is C25H23NO2. The zero-order chi connectivity index (χ0) is 19.5. The number of nitrogens with zero attached hydrogens (tertiary/aromatic N) is 1. The van der Waals surface area contributed by atoms with Gasteiger partial charge in [-0.05, 0) is 59.2 Å². The van der Waals surface area contributed by atoms with Crippen molar-refractivity contribution in [2.45, 2.75) is 0 Å². The summed E-state index contributed by atoms with van der Waals surface area (Å²) in [6, 6.07) is 29.2. The molecule has 28 heavy (non-hydrogen) atoms. The fraction of sp³-hybridized carbons (Fsp3) is 0.120. The highest BCUT2D eigenvalue weighted by molar-refractivity contribution is 5.87. The van der Waals surface area contributed by atoms with Gasteiger partial charge in [-0.2, -0.15) is 0 Å². The predicted molar refractivity (Wildman–Crippen MR) is 115 cm³/mol. The Hall–Kier alpha value is -3.46. The van der Waals surface area contributed by atoms with Crippen LogP contribution in [0.1, 0.15) is 0 Å². The molecule has 3 aromatic carbocycles. The summed E-state index contributed by atoms with van der Waals surface area (Å²) in [6.07, 6.45) is 0. The van der Waals surface area contributed by atoms with Crippen LogP contribution in [0.2, 0.25) is 0 Å². The van der Waals surface area contributed by atoms with E-state index in [2.05, 4.69) is 66.2 Å². The third-order valence-electron chi connectivity index (χ3n) is 5.07. The molecule has 0 saturated heterocycles. The SMILES string of the molecule is COc1ccc(-c2cc(-c3ccccc3)n(C)c2-c2ccc(OC)cc2)cc1. The van der Waals surface area contributed by atoms with Gasteiger partial charge in [0.05, 0.1) is 19.9 Å². The van der Waals surface area contributed by atoms with Crippen LogP contribution in [-0.2, 0) is 7.05 Å². The van der Waals surface area contributed by atoms with Crippen molar-refractivity contribution in [1.29, 1.82) is 0 Å². The molecule has 0 aliphatic rings. The minimum absolute atomic E-state index is 0.854. The van der Waals surface area contributed by atoms with Gasteiger partial charge in [0.15, 0.2) is 0 Å². The average Bonchev–Trinajstić information content (AvgIpc) is 3.11. The Balaban J connectivity index is 1.91. The highest BCUT2D eigenvalue weighted by Crippen LogP contribution is 2.39. The van der Waals surface area contributed by atoms with Crippen molar-refractivity contribution in [2.75, 3.05) is 14.2 Å². The van der Waals surface area contributed by atoms with Crippen molar-refractivity contribution in [3.63, 3.8) is 0 Å². The van der Waals surface area contributed by atoms with E-state index in [-0.39, 0.29) is 0 Å². The van der Waals surface area contributed by atoms with Gasteiger partial charge >= 0.3 is 0 Å². The Morgan fingerprint density at radius 2 is 1.14 bits per heavy atom. The molecule has 1 heterocycles. The lowest BCUT2D eigenvalue weighted by atomic mass is 10.0. The van der Waals surface area contributed by atoms with Gasteiger partial charge in [0.1, 0.15) is 11.5 Å². The fourth-order valence-corrected chi connectivity index (χ4v) is 3.58. The first-order valence-electron chi connectivity index (χ1n) is 9.25. The standard InChI is InChI=1S/C25H23NO2/c1-26-24(19-7-5-4-6-8-19)17-23(18-9-13-21(27-2)14-10-18)25(26)20-11-15-22(28-3)16-12-20/h4-17H,1-3H3. The Bertz CT molecular complexity index is 1060. The number of aromatic nitrogens is 1. The summed E-state index contributed by atoms with van der Waals surface area (Å²) < 4.78 is 12.9. The van der Waals surface area contributed by atoms with Crippen molar-refractivity contribution in [3.05, 3.63) is 84.9 Å². The maximum Gasteiger partial charge on any atom is 0.118 e. The fourth-order valence-electron chi connectivity index (χ4n) is 3.58. The molecule has 0 atom stereocenters. The van der Waals surface area contributed by atoms with E-state index in [0.717, 1.165) is 22.6 Å². The lowest BCUT2D eigenvalue weighted by Crippen LogP contribution is -1.95. The Labute approximate surface area is 165 Å². The van der Waals surface area contributed by atoms with Gasteiger partial charge in [-0.1, -0.05) is 42.5 Å². The van der Waals surface area contributed by atoms with Gasteiger partial charge in [0.2, 0.25) is 0 Å². The average molecular weight is 369 g/mol. The van der Waals surface area contributed by atoms with Gasteiger partial charge < -0.3 is 14.0 Å². The van der Waals surface area contributed by atoms with Gasteiger partial charge in [0.25, 0.3) is 0 Å². The van der Waals surface area contributed by atoms with E-state index in [4.69, 9.17) is 9.47 Å². The quantitative estimate of drug-likeness (QED) is 0.428. The number of methoxy groups -OCH3 is 2. The summed E-state index contributed by atoms with van der Waals surface area (Å²) in [5, 5.41) is 0. The number of hydrogen-bond donors (Lipinski definition) is 0. The summed E-state index contributed by atoms with van der Waals surface area (Å²) in [5.41, 5.74) is 7.04. The van der Waals surface area contributed by atoms with Gasteiger partial charge in [0, 0.05) is 18.3 Å². The van der Waals surface area contributed by atoms with Crippen molar-refractivity contribution >= 4 is 0 Å². The van der Waals surface area contributed by atoms with E-state index < -0.39 is 0 Å². The summed E-state index contributed by atoms with van der Waals surface area (Å²) in [7, 11) is 5.50. The molecule has 0 amide bonds. The van der Waals surface area contributed by atoms with Gasteiger partial charge in [-0.3, -0.25) is 0 Å². The molecule has 0 saturated carbocycles. The molecule has 0 radical (unpaired) electrons. The molecule has 0 spiro atoms. The topological polar surface area (TPSA) is 23.4 Å². The molecule has 0 unspecified atom stereocenters. The molecule has 0 aliphatic heterocycles. The maximum atomic E-state index is 5.33. The smallest absolute Gasteiger partial charge is 0.118 e. The second kappa shape index (κ2) is 7.65. The van der Waals surface area contributed by atoms with Crippen LogP contribution in [0.3, 0.4) is 0 Å². The number of ether oxygens (including phenoxy) is 2. The lowest BCUT2D eigenvalue weighted by Gasteiger charge is -2.11. The third kappa shape index (κ3) is 3.27. The first kappa shape index (κ1) is 17.9. The molecule has 0 N–H and O–H groups in total. The number of hydrogen-bond acceptors (Lipinski definition) is 2. The second-order valence-corrected chi connectivity index (χ2v) is 6.67. The first-order chi connectivity index (χ1) is 13.7. The lowest BCUT2D eigenvalue weighted by molar-refractivity contribution is 0.414. The molecule has 0 fully saturated rings. The van der Waals surface area contributed by atoms with E-state index in [0.29, 0.717) is 0 Å². The molecule has 0 bridgehead atoms. The molecule has 0 aliphatic carbocycles. The Morgan fingerprint density at radius 3 is 1.68 bits per heavy atom. The molecule has 4 aromatic rings. The van der Waals surface area contributed by atoms with E-state index in [9.17, 15) is 0 Å². The minimum atomic E-state index is 0.854. The predicted octanol–water partition coefficient (Wildman–Crippen LogP) is 6.04. The first-order valence-corrected chi connectivity index (χ1v) is 9.25. The van der Waals surface area contributed by atoms with E-state index in [1.54, 1.807) is 14.2 Å². The Morgan fingerprint density at radius 1 is 0.607 bits per heavy atom. The highest BCUT2D eigenvalue weighted by Gasteiger charge is 2.17. The van der Waals surface area contributed by atoms with Crippen LogP contribution < -0.4 is 9.47 Å². The zero-order valence-corrected chi connectivity index (χ0v) is 16.3. The molecule has 1 aromatic heterocycles. The normalized spacial score (nSPS) is 10.7. The van der Waals surface area contributed by atoms with Gasteiger partial charge in [-0.15, -0.1) is 0 Å². The van der Waals surface area contributed by atoms with Crippen LogP contribution in [0.15, 0.2) is 84.9 Å². The molecule has 140 valence electrons. The van der Waals surface area contributed by atoms with E-state index >= 15 is 0 Å². The zero-order valence-electron chi connectivity index (χ0n) is 16.3. The van der Waals surface area contributed by atoms with E-state index in [1.165, 1.54) is 22.5 Å². The maximum absolute atomic E-state index is 5.33. The summed E-state index contributed by atoms with van der Waals surface area (Å²) >= 11 is 0. The van der Waals surface area contributed by atoms with Crippen molar-refractivity contribution in [1.82, 2.24) is 4.57 Å². The second-order valence-electron chi connectivity index (χ2n) is 6.67. The minimum Gasteiger partial charge on any atom is -0.497 e. The van der Waals surface area contributed by atoms with Crippen LogP contribution in [0.4, 0.5) is 0 Å². The van der Waals surface area contributed by atoms with Crippen LogP contribution in [-0.4, -0.2) is 18.8 Å². The van der Waals surface area contributed by atoms with Gasteiger partial charge in [-0.25, -0.2) is 0 Å². The van der Waals surface area contributed by atoms with Crippen LogP contribution in [0.25, 0.3) is 33.6 Å². The number of rotatable bonds is 5. The van der Waals surface area contributed by atoms with Crippen LogP contribution in [0.5, 0.6) is 11.5 Å². The highest BCUT2D eigenvalue weighted by atomic mass is 16.5. The Kier molecular flexibility index (Phi) is 4.90. The van der Waals surface area contributed by atoms with Crippen molar-refractivity contribution in [2.24, 2.45) is 7.05 Å². The third-order valence-corrected chi connectivity index (χ3v) is 5.07. The summed E-state index contributed by atoms with van der Waals surface area (Å²) in [5.74, 6) is 1.71. The van der Waals surface area contributed by atoms with Crippen molar-refractivity contribution < 1.29 is 9.47 Å².